The molecular weight excluding hydrogens is 689 g/mol. The summed E-state index contributed by atoms with van der Waals surface area (Å²) in [6.45, 7) is 6.20. The molecule has 0 radical (unpaired) electrons. The van der Waals surface area contributed by atoms with Crippen LogP contribution in [-0.2, 0) is 57.7 Å². The molecule has 0 aliphatic heterocycles. The van der Waals surface area contributed by atoms with Gasteiger partial charge in [0, 0.05) is 54.5 Å². The zero-order valence-electron chi connectivity index (χ0n) is 20.6. The predicted molar refractivity (Wildman–Crippen MR) is 156 cm³/mol. The van der Waals surface area contributed by atoms with Crippen molar-refractivity contribution in [2.24, 2.45) is 0 Å². The Bertz CT molecular complexity index is 1350. The van der Waals surface area contributed by atoms with Crippen molar-refractivity contribution in [2.45, 2.75) is 35.5 Å². The van der Waals surface area contributed by atoms with Crippen molar-refractivity contribution in [3.8, 4) is 0 Å². The fraction of sp³-hybridized carbons (Fsp3) is 0.100. The Balaban J connectivity index is 0.000000152. The molecule has 0 amide bonds. The summed E-state index contributed by atoms with van der Waals surface area (Å²) < 4.78 is 0. The SMILES string of the molecule is Cc1ccc([S-])c2ncccc12.Cc1ccc([S-])c2ncccc12.Cc1ccc([S-])c2ncccc12.[Os]. The first-order chi connectivity index (χ1) is 17.4. The van der Waals surface area contributed by atoms with E-state index in [1.54, 1.807) is 18.6 Å². The first kappa shape index (κ1) is 28.8. The maximum absolute atomic E-state index is 5.15. The molecule has 0 aliphatic carbocycles. The Morgan fingerprint density at radius 1 is 0.432 bits per heavy atom. The first-order valence-corrected chi connectivity index (χ1v) is 12.6. The number of nitrogens with zero attached hydrogens (tertiary/aromatic N) is 3. The molecule has 0 unspecified atom stereocenters. The third-order valence-corrected chi connectivity index (χ3v) is 6.84. The van der Waals surface area contributed by atoms with Crippen molar-refractivity contribution < 1.29 is 19.8 Å². The Hall–Kier alpha value is -2.81. The number of hydrogen-bond acceptors (Lipinski definition) is 6. The molecule has 0 bridgehead atoms. The molecule has 6 rings (SSSR count). The van der Waals surface area contributed by atoms with Crippen LogP contribution in [0.4, 0.5) is 0 Å². The maximum atomic E-state index is 5.15. The van der Waals surface area contributed by atoms with Gasteiger partial charge in [0.05, 0.1) is 16.6 Å². The minimum Gasteiger partial charge on any atom is -0.778 e. The van der Waals surface area contributed by atoms with E-state index in [1.165, 1.54) is 16.7 Å². The molecule has 0 spiro atoms. The Morgan fingerprint density at radius 2 is 0.703 bits per heavy atom. The Morgan fingerprint density at radius 3 is 0.946 bits per heavy atom. The molecule has 3 aromatic heterocycles. The van der Waals surface area contributed by atoms with E-state index >= 15 is 0 Å². The minimum atomic E-state index is 0. The van der Waals surface area contributed by atoms with E-state index in [9.17, 15) is 0 Å². The van der Waals surface area contributed by atoms with E-state index in [4.69, 9.17) is 37.9 Å². The summed E-state index contributed by atoms with van der Waals surface area (Å²) in [7, 11) is 0. The number of pyridine rings is 3. The summed E-state index contributed by atoms with van der Waals surface area (Å²) in [5.41, 5.74) is 6.50. The van der Waals surface area contributed by atoms with E-state index in [-0.39, 0.29) is 19.8 Å². The number of aryl methyl sites for hydroxylation is 3. The molecule has 0 aliphatic rings. The van der Waals surface area contributed by atoms with E-state index in [2.05, 4.69) is 35.7 Å². The van der Waals surface area contributed by atoms with Gasteiger partial charge in [0.15, 0.2) is 0 Å². The number of aromatic nitrogens is 3. The summed E-state index contributed by atoms with van der Waals surface area (Å²) in [6, 6.07) is 23.8. The summed E-state index contributed by atoms with van der Waals surface area (Å²) in [6.07, 6.45) is 5.33. The average Bonchev–Trinajstić information content (AvgIpc) is 2.92. The molecule has 6 aromatic rings. The molecule has 0 fully saturated rings. The summed E-state index contributed by atoms with van der Waals surface area (Å²) in [5, 5.41) is 3.47. The molecule has 0 saturated carbocycles. The number of hydrogen-bond donors (Lipinski definition) is 0. The van der Waals surface area contributed by atoms with Gasteiger partial charge in [-0.3, -0.25) is 15.0 Å². The van der Waals surface area contributed by atoms with Gasteiger partial charge in [-0.15, -0.1) is 14.7 Å². The summed E-state index contributed by atoms with van der Waals surface area (Å²) in [5.74, 6) is 0. The van der Waals surface area contributed by atoms with Gasteiger partial charge in [0.25, 0.3) is 0 Å². The van der Waals surface area contributed by atoms with Gasteiger partial charge in [-0.1, -0.05) is 54.6 Å². The van der Waals surface area contributed by atoms with Gasteiger partial charge < -0.3 is 37.9 Å². The average molecular weight is 713 g/mol. The van der Waals surface area contributed by atoms with Crippen LogP contribution in [0.1, 0.15) is 16.7 Å². The zero-order chi connectivity index (χ0) is 25.7. The number of benzene rings is 3. The molecule has 188 valence electrons. The monoisotopic (exact) mass is 714 g/mol. The van der Waals surface area contributed by atoms with Crippen LogP contribution in [0.15, 0.2) is 106 Å². The molecule has 3 aromatic carbocycles. The molecule has 7 heteroatoms. The van der Waals surface area contributed by atoms with Crippen molar-refractivity contribution in [3.05, 3.63) is 108 Å². The fourth-order valence-electron chi connectivity index (χ4n) is 3.87. The van der Waals surface area contributed by atoms with Gasteiger partial charge in [-0.25, -0.2) is 0 Å². The number of fused-ring (bicyclic) bond motifs is 3. The zero-order valence-corrected chi connectivity index (χ0v) is 25.6. The second kappa shape index (κ2) is 13.1. The van der Waals surface area contributed by atoms with Gasteiger partial charge in [0.2, 0.25) is 0 Å². The van der Waals surface area contributed by atoms with Crippen molar-refractivity contribution in [3.63, 3.8) is 0 Å². The Kier molecular flexibility index (Phi) is 10.2. The van der Waals surface area contributed by atoms with Crippen LogP contribution >= 0.6 is 0 Å². The van der Waals surface area contributed by atoms with E-state index in [0.717, 1.165) is 47.4 Å². The van der Waals surface area contributed by atoms with Crippen LogP contribution < -0.4 is 0 Å². The minimum absolute atomic E-state index is 0. The van der Waals surface area contributed by atoms with Crippen LogP contribution in [0.25, 0.3) is 32.7 Å². The first-order valence-electron chi connectivity index (χ1n) is 11.4. The fourth-order valence-corrected chi connectivity index (χ4v) is 4.56. The van der Waals surface area contributed by atoms with Crippen molar-refractivity contribution in [1.29, 1.82) is 0 Å². The van der Waals surface area contributed by atoms with Crippen molar-refractivity contribution in [1.82, 2.24) is 15.0 Å². The number of rotatable bonds is 0. The summed E-state index contributed by atoms with van der Waals surface area (Å²) in [4.78, 5) is 15.2. The van der Waals surface area contributed by atoms with Crippen molar-refractivity contribution >= 4 is 70.6 Å². The topological polar surface area (TPSA) is 38.7 Å². The van der Waals surface area contributed by atoms with Crippen LogP contribution in [0.3, 0.4) is 0 Å². The van der Waals surface area contributed by atoms with E-state index in [0.29, 0.717) is 0 Å². The predicted octanol–water partition coefficient (Wildman–Crippen LogP) is 7.34. The van der Waals surface area contributed by atoms with Gasteiger partial charge >= 0.3 is 0 Å². The van der Waals surface area contributed by atoms with Crippen molar-refractivity contribution in [2.75, 3.05) is 0 Å². The summed E-state index contributed by atoms with van der Waals surface area (Å²) >= 11 is 15.5. The van der Waals surface area contributed by atoms with Gasteiger partial charge in [0.1, 0.15) is 0 Å². The smallest absolute Gasteiger partial charge is 0.0513 e. The largest absolute Gasteiger partial charge is 0.778 e. The molecule has 0 atom stereocenters. The van der Waals surface area contributed by atoms with Crippen LogP contribution in [0.2, 0.25) is 0 Å². The quantitative estimate of drug-likeness (QED) is 0.154. The molecule has 0 saturated heterocycles. The van der Waals surface area contributed by atoms with Crippen LogP contribution in [-0.4, -0.2) is 15.0 Å². The molecular formula is C30H24N3OsS3-3. The molecule has 3 heterocycles. The van der Waals surface area contributed by atoms with Gasteiger partial charge in [-0.05, 0) is 55.7 Å². The second-order valence-electron chi connectivity index (χ2n) is 8.34. The van der Waals surface area contributed by atoms with E-state index < -0.39 is 0 Å². The van der Waals surface area contributed by atoms with E-state index in [1.807, 2.05) is 72.8 Å². The third-order valence-electron chi connectivity index (χ3n) is 5.85. The van der Waals surface area contributed by atoms with Crippen LogP contribution in [0, 0.1) is 20.8 Å². The molecule has 3 nitrogen and oxygen atoms in total. The standard InChI is InChI=1S/3C10H9NS.Os/c3*1-7-4-5-9(12)10-8(7)3-2-6-11-10;/h3*2-6,12H,1H3;/p-3. The second-order valence-corrected chi connectivity index (χ2v) is 9.66. The van der Waals surface area contributed by atoms with Crippen LogP contribution in [0.5, 0.6) is 0 Å². The maximum Gasteiger partial charge on any atom is 0.0513 e. The normalized spacial score (nSPS) is 10.1. The molecule has 0 N–H and O–H groups in total. The molecule has 37 heavy (non-hydrogen) atoms. The Labute approximate surface area is 247 Å². The third kappa shape index (κ3) is 6.74. The van der Waals surface area contributed by atoms with Gasteiger partial charge in [-0.2, -0.15) is 0 Å².